The topological polar surface area (TPSA) is 90.3 Å². The molecule has 0 amide bonds. The zero-order valence-electron chi connectivity index (χ0n) is 14.9. The van der Waals surface area contributed by atoms with Gasteiger partial charge in [0.1, 0.15) is 5.02 Å². The van der Waals surface area contributed by atoms with E-state index in [9.17, 15) is 13.2 Å². The Bertz CT molecular complexity index is 1210. The third kappa shape index (κ3) is 4.51. The number of para-hydroxylation sites is 1. The van der Waals surface area contributed by atoms with Crippen molar-refractivity contribution in [3.05, 3.63) is 74.1 Å². The number of sulfonamides is 1. The van der Waals surface area contributed by atoms with Gasteiger partial charge in [0.2, 0.25) is 0 Å². The fourth-order valence-corrected chi connectivity index (χ4v) is 3.99. The molecule has 11 heteroatoms. The first-order valence-corrected chi connectivity index (χ1v) is 10.8. The van der Waals surface area contributed by atoms with Gasteiger partial charge in [-0.15, -0.1) is 0 Å². The van der Waals surface area contributed by atoms with E-state index in [1.165, 1.54) is 30.5 Å². The zero-order valence-corrected chi connectivity index (χ0v) is 18.0. The van der Waals surface area contributed by atoms with Crippen molar-refractivity contribution in [2.24, 2.45) is 0 Å². The number of nitrogens with zero attached hydrogens (tertiary/aromatic N) is 2. The van der Waals surface area contributed by atoms with Crippen LogP contribution in [0.3, 0.4) is 0 Å². The Kier molecular flexibility index (Phi) is 6.38. The molecule has 152 valence electrons. The summed E-state index contributed by atoms with van der Waals surface area (Å²) in [5.74, 6) is 0.239. The number of aromatic nitrogens is 2. The molecule has 2 aromatic carbocycles. The third-order valence-corrected chi connectivity index (χ3v) is 6.20. The standard InChI is InChI=1S/C18H14Cl3N3O4S/c1-2-28-17-13(19)4-3-5-15(17)23-29(26,27)12-8-6-11(7-9-12)24-18(25)16(21)14(20)10-22-24/h3-10,23H,2H2,1H3. The van der Waals surface area contributed by atoms with Crippen LogP contribution >= 0.6 is 34.8 Å². The number of anilines is 1. The second-order valence-electron chi connectivity index (χ2n) is 5.67. The largest absolute Gasteiger partial charge is 0.490 e. The normalized spacial score (nSPS) is 11.3. The molecular weight excluding hydrogens is 461 g/mol. The molecule has 0 radical (unpaired) electrons. The molecule has 0 atom stereocenters. The Morgan fingerprint density at radius 3 is 2.41 bits per heavy atom. The van der Waals surface area contributed by atoms with Crippen LogP contribution < -0.4 is 15.0 Å². The molecule has 0 saturated heterocycles. The van der Waals surface area contributed by atoms with Gasteiger partial charge in [-0.1, -0.05) is 40.9 Å². The number of hydrogen-bond acceptors (Lipinski definition) is 5. The second-order valence-corrected chi connectivity index (χ2v) is 8.55. The quantitative estimate of drug-likeness (QED) is 0.572. The average Bonchev–Trinajstić information content (AvgIpc) is 2.69. The van der Waals surface area contributed by atoms with E-state index in [4.69, 9.17) is 39.5 Å². The summed E-state index contributed by atoms with van der Waals surface area (Å²) in [6.07, 6.45) is 1.23. The van der Waals surface area contributed by atoms with Gasteiger partial charge < -0.3 is 4.74 Å². The molecule has 1 aromatic heterocycles. The fourth-order valence-electron chi connectivity index (χ4n) is 2.45. The predicted molar refractivity (Wildman–Crippen MR) is 113 cm³/mol. The van der Waals surface area contributed by atoms with E-state index in [0.29, 0.717) is 12.3 Å². The Hall–Kier alpha value is -2.26. The van der Waals surface area contributed by atoms with Crippen molar-refractivity contribution in [2.75, 3.05) is 11.3 Å². The van der Waals surface area contributed by atoms with Gasteiger partial charge in [-0.25, -0.2) is 8.42 Å². The van der Waals surface area contributed by atoms with E-state index in [-0.39, 0.29) is 31.4 Å². The molecule has 0 aliphatic rings. The molecule has 1 heterocycles. The molecule has 0 unspecified atom stereocenters. The van der Waals surface area contributed by atoms with Crippen LogP contribution in [0, 0.1) is 0 Å². The van der Waals surface area contributed by atoms with Crippen LogP contribution in [0.2, 0.25) is 15.1 Å². The number of rotatable bonds is 6. The van der Waals surface area contributed by atoms with E-state index < -0.39 is 15.6 Å². The second kappa shape index (κ2) is 8.62. The molecule has 0 spiro atoms. The summed E-state index contributed by atoms with van der Waals surface area (Å²) in [6, 6.07) is 10.3. The summed E-state index contributed by atoms with van der Waals surface area (Å²) in [5.41, 5.74) is -0.0794. The lowest BCUT2D eigenvalue weighted by Crippen LogP contribution is -2.21. The number of halogens is 3. The number of nitrogens with one attached hydrogen (secondary N) is 1. The van der Waals surface area contributed by atoms with Crippen molar-refractivity contribution in [1.82, 2.24) is 9.78 Å². The molecule has 3 aromatic rings. The van der Waals surface area contributed by atoms with Gasteiger partial charge >= 0.3 is 0 Å². The highest BCUT2D eigenvalue weighted by atomic mass is 35.5. The first kappa shape index (κ1) is 21.4. The van der Waals surface area contributed by atoms with Crippen LogP contribution in [0.5, 0.6) is 5.75 Å². The monoisotopic (exact) mass is 473 g/mol. The smallest absolute Gasteiger partial charge is 0.291 e. The Morgan fingerprint density at radius 2 is 1.76 bits per heavy atom. The molecule has 7 nitrogen and oxygen atoms in total. The highest BCUT2D eigenvalue weighted by Gasteiger charge is 2.18. The van der Waals surface area contributed by atoms with Crippen LogP contribution in [0.15, 0.2) is 58.4 Å². The van der Waals surface area contributed by atoms with Crippen molar-refractivity contribution in [2.45, 2.75) is 11.8 Å². The van der Waals surface area contributed by atoms with E-state index in [0.717, 1.165) is 4.68 Å². The van der Waals surface area contributed by atoms with Gasteiger partial charge in [0.05, 0.1) is 39.1 Å². The maximum Gasteiger partial charge on any atom is 0.291 e. The van der Waals surface area contributed by atoms with Crippen LogP contribution in [0.1, 0.15) is 6.92 Å². The summed E-state index contributed by atoms with van der Waals surface area (Å²) in [5, 5.41) is 4.04. The Labute approximate surface area is 181 Å². The summed E-state index contributed by atoms with van der Waals surface area (Å²) >= 11 is 17.7. The fraction of sp³-hybridized carbons (Fsp3) is 0.111. The van der Waals surface area contributed by atoms with Crippen LogP contribution in [0.4, 0.5) is 5.69 Å². The molecule has 0 aliphatic carbocycles. The molecule has 0 aliphatic heterocycles. The van der Waals surface area contributed by atoms with Gasteiger partial charge in [-0.05, 0) is 43.3 Å². The zero-order chi connectivity index (χ0) is 21.2. The van der Waals surface area contributed by atoms with E-state index >= 15 is 0 Å². The summed E-state index contributed by atoms with van der Waals surface area (Å²) < 4.78 is 34.4. The van der Waals surface area contributed by atoms with Gasteiger partial charge in [-0.2, -0.15) is 9.78 Å². The van der Waals surface area contributed by atoms with Crippen molar-refractivity contribution >= 4 is 50.5 Å². The molecule has 0 saturated carbocycles. The highest BCUT2D eigenvalue weighted by Crippen LogP contribution is 2.34. The molecule has 0 fully saturated rings. The lowest BCUT2D eigenvalue weighted by atomic mass is 10.3. The number of benzene rings is 2. The van der Waals surface area contributed by atoms with Gasteiger partial charge in [0, 0.05) is 0 Å². The van der Waals surface area contributed by atoms with Crippen molar-refractivity contribution in [1.29, 1.82) is 0 Å². The maximum atomic E-state index is 12.8. The number of ether oxygens (including phenoxy) is 1. The lowest BCUT2D eigenvalue weighted by Gasteiger charge is -2.14. The van der Waals surface area contributed by atoms with Crippen LogP contribution in [-0.2, 0) is 10.0 Å². The summed E-state index contributed by atoms with van der Waals surface area (Å²) in [7, 11) is -3.94. The minimum atomic E-state index is -3.94. The number of hydrogen-bond donors (Lipinski definition) is 1. The van der Waals surface area contributed by atoms with Crippen LogP contribution in [-0.4, -0.2) is 24.8 Å². The summed E-state index contributed by atoms with van der Waals surface area (Å²) in [4.78, 5) is 12.1. The van der Waals surface area contributed by atoms with E-state index in [1.54, 1.807) is 25.1 Å². The molecular formula is C18H14Cl3N3O4S. The molecule has 0 bridgehead atoms. The van der Waals surface area contributed by atoms with Crippen molar-refractivity contribution in [3.63, 3.8) is 0 Å². The van der Waals surface area contributed by atoms with Crippen molar-refractivity contribution in [3.8, 4) is 11.4 Å². The maximum absolute atomic E-state index is 12.8. The van der Waals surface area contributed by atoms with Crippen LogP contribution in [0.25, 0.3) is 5.69 Å². The van der Waals surface area contributed by atoms with E-state index in [1.807, 2.05) is 0 Å². The predicted octanol–water partition coefficient (Wildman–Crippen LogP) is 4.39. The molecule has 1 N–H and O–H groups in total. The Morgan fingerprint density at radius 1 is 1.07 bits per heavy atom. The lowest BCUT2D eigenvalue weighted by molar-refractivity contribution is 0.342. The van der Waals surface area contributed by atoms with Gasteiger partial charge in [0.25, 0.3) is 15.6 Å². The van der Waals surface area contributed by atoms with Gasteiger partial charge in [-0.3, -0.25) is 9.52 Å². The average molecular weight is 475 g/mol. The first-order chi connectivity index (χ1) is 13.7. The molecule has 29 heavy (non-hydrogen) atoms. The Balaban J connectivity index is 1.93. The first-order valence-electron chi connectivity index (χ1n) is 8.22. The van der Waals surface area contributed by atoms with Gasteiger partial charge in [0.15, 0.2) is 5.75 Å². The minimum Gasteiger partial charge on any atom is -0.490 e. The third-order valence-electron chi connectivity index (χ3n) is 3.77. The highest BCUT2D eigenvalue weighted by molar-refractivity contribution is 7.92. The van der Waals surface area contributed by atoms with E-state index in [2.05, 4.69) is 9.82 Å². The molecule has 3 rings (SSSR count). The minimum absolute atomic E-state index is 0.0305. The SMILES string of the molecule is CCOc1c(Cl)cccc1NS(=O)(=O)c1ccc(-n2ncc(Cl)c(Cl)c2=O)cc1. The summed E-state index contributed by atoms with van der Waals surface area (Å²) in [6.45, 7) is 2.08. The van der Waals surface area contributed by atoms with Crippen molar-refractivity contribution < 1.29 is 13.2 Å².